The van der Waals surface area contributed by atoms with E-state index in [0.29, 0.717) is 0 Å². The number of benzene rings is 1. The molecule has 0 aromatic heterocycles. The Bertz CT molecular complexity index is 523. The van der Waals surface area contributed by atoms with Gasteiger partial charge in [-0.2, -0.15) is 0 Å². The van der Waals surface area contributed by atoms with E-state index < -0.39 is 0 Å². The molecule has 0 spiro atoms. The Morgan fingerprint density at radius 3 is 2.86 bits per heavy atom. The minimum atomic E-state index is 0.218. The van der Waals surface area contributed by atoms with Gasteiger partial charge in [-0.3, -0.25) is 0 Å². The summed E-state index contributed by atoms with van der Waals surface area (Å²) in [6, 6.07) is 6.41. The van der Waals surface area contributed by atoms with Crippen LogP contribution in [0.2, 0.25) is 0 Å². The molecule has 114 valence electrons. The Hall–Kier alpha value is -1.68. The molecular weight excluding hydrogens is 262 g/mol. The van der Waals surface area contributed by atoms with Gasteiger partial charge in [0, 0.05) is 32.7 Å². The number of nitrogens with one attached hydrogen (secondary N) is 1. The first kappa shape index (κ1) is 14.3. The quantitative estimate of drug-likeness (QED) is 0.863. The fraction of sp³-hybridized carbons (Fsp3) is 0.529. The van der Waals surface area contributed by atoms with Crippen molar-refractivity contribution in [1.82, 2.24) is 5.32 Å². The maximum Gasteiger partial charge on any atom is 0.145 e. The monoisotopic (exact) mass is 287 g/mol. The number of fused-ring (bicyclic) bond motifs is 1. The zero-order valence-electron chi connectivity index (χ0n) is 13.1. The summed E-state index contributed by atoms with van der Waals surface area (Å²) < 4.78 is 6.06. The van der Waals surface area contributed by atoms with E-state index >= 15 is 0 Å². The molecular formula is C17H25N3O. The zero-order chi connectivity index (χ0) is 14.8. The standard InChI is InChI=1S/C17H25N3O/c1-13(2)11-20-12-14(3)21-16-6-4-5-15(17(16)20)19-9-7-18-8-10-19/h4-6,14,18H,1,7-12H2,2-3H3. The van der Waals surface area contributed by atoms with Gasteiger partial charge in [0.2, 0.25) is 0 Å². The minimum Gasteiger partial charge on any atom is -0.487 e. The molecule has 4 heteroatoms. The van der Waals surface area contributed by atoms with Gasteiger partial charge in [-0.05, 0) is 26.0 Å². The molecule has 4 nitrogen and oxygen atoms in total. The minimum absolute atomic E-state index is 0.218. The smallest absolute Gasteiger partial charge is 0.145 e. The number of piperazine rings is 1. The van der Waals surface area contributed by atoms with E-state index in [1.807, 2.05) is 0 Å². The lowest BCUT2D eigenvalue weighted by Crippen LogP contribution is -2.45. The first-order chi connectivity index (χ1) is 10.1. The highest BCUT2D eigenvalue weighted by atomic mass is 16.5. The topological polar surface area (TPSA) is 27.7 Å². The largest absolute Gasteiger partial charge is 0.487 e. The van der Waals surface area contributed by atoms with Crippen LogP contribution in [0, 0.1) is 0 Å². The lowest BCUT2D eigenvalue weighted by molar-refractivity contribution is 0.214. The van der Waals surface area contributed by atoms with E-state index in [0.717, 1.165) is 45.0 Å². The normalized spacial score (nSPS) is 21.7. The third-order valence-electron chi connectivity index (χ3n) is 4.02. The Labute approximate surface area is 127 Å². The lowest BCUT2D eigenvalue weighted by Gasteiger charge is -2.40. The van der Waals surface area contributed by atoms with Gasteiger partial charge < -0.3 is 19.9 Å². The molecule has 2 aliphatic rings. The summed E-state index contributed by atoms with van der Waals surface area (Å²) >= 11 is 0. The molecule has 0 saturated carbocycles. The summed E-state index contributed by atoms with van der Waals surface area (Å²) in [7, 11) is 0. The molecule has 0 radical (unpaired) electrons. The average Bonchev–Trinajstić information content (AvgIpc) is 2.46. The lowest BCUT2D eigenvalue weighted by atomic mass is 10.1. The molecule has 1 aromatic rings. The maximum atomic E-state index is 6.06. The maximum absolute atomic E-state index is 6.06. The SMILES string of the molecule is C=C(C)CN1CC(C)Oc2cccc(N3CCNCC3)c21. The second-order valence-corrected chi connectivity index (χ2v) is 6.13. The van der Waals surface area contributed by atoms with E-state index in [2.05, 4.69) is 53.7 Å². The van der Waals surface area contributed by atoms with Crippen LogP contribution in [0.5, 0.6) is 5.75 Å². The Kier molecular flexibility index (Phi) is 4.06. The molecule has 1 unspecified atom stereocenters. The molecule has 1 atom stereocenters. The number of nitrogens with zero attached hydrogens (tertiary/aromatic N) is 2. The Morgan fingerprint density at radius 1 is 1.38 bits per heavy atom. The van der Waals surface area contributed by atoms with Crippen molar-refractivity contribution in [3.8, 4) is 5.75 Å². The van der Waals surface area contributed by atoms with Crippen molar-refractivity contribution in [2.45, 2.75) is 20.0 Å². The molecule has 0 bridgehead atoms. The summed E-state index contributed by atoms with van der Waals surface area (Å²) in [5.41, 5.74) is 3.72. The number of rotatable bonds is 3. The summed E-state index contributed by atoms with van der Waals surface area (Å²) in [6.07, 6.45) is 0.218. The number of hydrogen-bond acceptors (Lipinski definition) is 4. The van der Waals surface area contributed by atoms with Crippen LogP contribution in [0.15, 0.2) is 30.4 Å². The van der Waals surface area contributed by atoms with Crippen molar-refractivity contribution in [3.63, 3.8) is 0 Å². The van der Waals surface area contributed by atoms with Gasteiger partial charge in [0.05, 0.1) is 12.2 Å². The summed E-state index contributed by atoms with van der Waals surface area (Å²) in [5.74, 6) is 1.01. The number of ether oxygens (including phenoxy) is 1. The van der Waals surface area contributed by atoms with Crippen molar-refractivity contribution < 1.29 is 4.74 Å². The first-order valence-electron chi connectivity index (χ1n) is 7.80. The molecule has 0 aliphatic carbocycles. The predicted molar refractivity (Wildman–Crippen MR) is 88.6 cm³/mol. The van der Waals surface area contributed by atoms with E-state index in [1.54, 1.807) is 0 Å². The molecule has 0 amide bonds. The van der Waals surface area contributed by atoms with E-state index in [9.17, 15) is 0 Å². The molecule has 2 heterocycles. The highest BCUT2D eigenvalue weighted by molar-refractivity contribution is 5.79. The summed E-state index contributed by atoms with van der Waals surface area (Å²) in [5, 5.41) is 3.41. The fourth-order valence-electron chi connectivity index (χ4n) is 3.21. The fourth-order valence-corrected chi connectivity index (χ4v) is 3.21. The van der Waals surface area contributed by atoms with Crippen molar-refractivity contribution in [3.05, 3.63) is 30.4 Å². The summed E-state index contributed by atoms with van der Waals surface area (Å²) in [6.45, 7) is 14.3. The molecule has 1 aromatic carbocycles. The van der Waals surface area contributed by atoms with Gasteiger partial charge in [-0.15, -0.1) is 0 Å². The molecule has 2 aliphatic heterocycles. The van der Waals surface area contributed by atoms with Gasteiger partial charge >= 0.3 is 0 Å². The van der Waals surface area contributed by atoms with Crippen LogP contribution < -0.4 is 19.9 Å². The van der Waals surface area contributed by atoms with E-state index in [1.165, 1.54) is 16.9 Å². The Morgan fingerprint density at radius 2 is 2.14 bits per heavy atom. The van der Waals surface area contributed by atoms with Crippen LogP contribution in [0.25, 0.3) is 0 Å². The summed E-state index contributed by atoms with van der Waals surface area (Å²) in [4.78, 5) is 4.88. The van der Waals surface area contributed by atoms with E-state index in [-0.39, 0.29) is 6.10 Å². The second-order valence-electron chi connectivity index (χ2n) is 6.13. The molecule has 1 saturated heterocycles. The highest BCUT2D eigenvalue weighted by Gasteiger charge is 2.27. The van der Waals surface area contributed by atoms with Gasteiger partial charge in [0.15, 0.2) is 0 Å². The number of para-hydroxylation sites is 1. The third kappa shape index (κ3) is 3.00. The molecule has 3 rings (SSSR count). The highest BCUT2D eigenvalue weighted by Crippen LogP contribution is 2.41. The van der Waals surface area contributed by atoms with Crippen LogP contribution in [0.3, 0.4) is 0 Å². The van der Waals surface area contributed by atoms with Gasteiger partial charge in [0.1, 0.15) is 17.5 Å². The molecule has 21 heavy (non-hydrogen) atoms. The van der Waals surface area contributed by atoms with Gasteiger partial charge in [-0.25, -0.2) is 0 Å². The van der Waals surface area contributed by atoms with Crippen molar-refractivity contribution in [1.29, 1.82) is 0 Å². The predicted octanol–water partition coefficient (Wildman–Crippen LogP) is 2.26. The van der Waals surface area contributed by atoms with Gasteiger partial charge in [0.25, 0.3) is 0 Å². The van der Waals surface area contributed by atoms with Crippen LogP contribution in [-0.4, -0.2) is 45.4 Å². The molecule has 1 N–H and O–H groups in total. The Balaban J connectivity index is 1.98. The third-order valence-corrected chi connectivity index (χ3v) is 4.02. The van der Waals surface area contributed by atoms with Crippen molar-refractivity contribution in [2.75, 3.05) is 49.1 Å². The zero-order valence-corrected chi connectivity index (χ0v) is 13.1. The van der Waals surface area contributed by atoms with Gasteiger partial charge in [-0.1, -0.05) is 18.2 Å². The number of hydrogen-bond donors (Lipinski definition) is 1. The second kappa shape index (κ2) is 5.98. The molecule has 1 fully saturated rings. The van der Waals surface area contributed by atoms with Crippen molar-refractivity contribution >= 4 is 11.4 Å². The van der Waals surface area contributed by atoms with E-state index in [4.69, 9.17) is 4.74 Å². The van der Waals surface area contributed by atoms with Crippen LogP contribution in [0.4, 0.5) is 11.4 Å². The number of anilines is 2. The van der Waals surface area contributed by atoms with Crippen molar-refractivity contribution in [2.24, 2.45) is 0 Å². The van der Waals surface area contributed by atoms with Crippen LogP contribution in [-0.2, 0) is 0 Å². The average molecular weight is 287 g/mol. The van der Waals surface area contributed by atoms with Crippen LogP contribution >= 0.6 is 0 Å². The first-order valence-corrected chi connectivity index (χ1v) is 7.80. The van der Waals surface area contributed by atoms with Crippen LogP contribution in [0.1, 0.15) is 13.8 Å².